The largest absolute Gasteiger partial charge is 0.307 e. The van der Waals surface area contributed by atoms with Crippen molar-refractivity contribution in [2.75, 3.05) is 0 Å². The van der Waals surface area contributed by atoms with Gasteiger partial charge in [-0.1, -0.05) is 63.2 Å². The highest BCUT2D eigenvalue weighted by Crippen LogP contribution is 2.41. The minimum atomic E-state index is 0.239. The fraction of sp³-hybridized carbons (Fsp3) is 0.250. The smallest absolute Gasteiger partial charge is 0.224 e. The van der Waals surface area contributed by atoms with E-state index in [0.29, 0.717) is 0 Å². The van der Waals surface area contributed by atoms with Crippen LogP contribution in [0.5, 0.6) is 0 Å². The molecule has 0 amide bonds. The van der Waals surface area contributed by atoms with Crippen molar-refractivity contribution in [1.82, 2.24) is 4.40 Å². The highest BCUT2D eigenvalue weighted by molar-refractivity contribution is 6.25. The van der Waals surface area contributed by atoms with Gasteiger partial charge in [-0.25, -0.2) is 4.57 Å². The number of aromatic nitrogens is 2. The number of hydrogen-bond donors (Lipinski definition) is 0. The van der Waals surface area contributed by atoms with Crippen molar-refractivity contribution in [3.63, 3.8) is 0 Å². The van der Waals surface area contributed by atoms with Crippen molar-refractivity contribution in [1.29, 1.82) is 0 Å². The average molecular weight is 392 g/mol. The van der Waals surface area contributed by atoms with Crippen molar-refractivity contribution in [3.05, 3.63) is 71.9 Å². The molecule has 2 nitrogen and oxygen atoms in total. The van der Waals surface area contributed by atoms with Gasteiger partial charge in [-0.05, 0) is 41.8 Å². The van der Waals surface area contributed by atoms with Crippen molar-refractivity contribution in [2.24, 2.45) is 12.5 Å². The molecule has 0 aliphatic rings. The van der Waals surface area contributed by atoms with Gasteiger partial charge in [0.25, 0.3) is 0 Å². The minimum absolute atomic E-state index is 0.239. The number of para-hydroxylation sites is 1. The second-order valence-electron chi connectivity index (χ2n) is 10.1. The minimum Gasteiger partial charge on any atom is -0.307 e. The first-order valence-electron chi connectivity index (χ1n) is 10.8. The van der Waals surface area contributed by atoms with Gasteiger partial charge in [-0.2, -0.15) is 0 Å². The van der Waals surface area contributed by atoms with Gasteiger partial charge in [0.15, 0.2) is 6.20 Å². The molecule has 0 aliphatic carbocycles. The van der Waals surface area contributed by atoms with Gasteiger partial charge in [0.05, 0.1) is 27.3 Å². The molecule has 2 heteroatoms. The van der Waals surface area contributed by atoms with Crippen molar-refractivity contribution < 1.29 is 4.57 Å². The Bertz CT molecular complexity index is 1610. The Morgan fingerprint density at radius 2 is 1.53 bits per heavy atom. The van der Waals surface area contributed by atoms with E-state index >= 15 is 0 Å². The summed E-state index contributed by atoms with van der Waals surface area (Å²) in [6.45, 7) is 9.22. The zero-order chi connectivity index (χ0) is 20.8. The van der Waals surface area contributed by atoms with Crippen LogP contribution in [0, 0.1) is 12.3 Å². The van der Waals surface area contributed by atoms with E-state index in [-0.39, 0.29) is 5.41 Å². The van der Waals surface area contributed by atoms with E-state index in [0.717, 1.165) is 6.42 Å². The van der Waals surface area contributed by atoms with Gasteiger partial charge in [0.2, 0.25) is 5.52 Å². The van der Waals surface area contributed by atoms with Crippen LogP contribution in [0.4, 0.5) is 0 Å². The lowest BCUT2D eigenvalue weighted by Gasteiger charge is -2.20. The molecule has 0 N–H and O–H groups in total. The van der Waals surface area contributed by atoms with E-state index in [4.69, 9.17) is 0 Å². The Labute approximate surface area is 176 Å². The zero-order valence-corrected chi connectivity index (χ0v) is 18.4. The van der Waals surface area contributed by atoms with Gasteiger partial charge in [0.1, 0.15) is 7.05 Å². The van der Waals surface area contributed by atoms with Crippen molar-refractivity contribution in [2.45, 2.75) is 34.1 Å². The first-order valence-corrected chi connectivity index (χ1v) is 10.8. The number of pyridine rings is 2. The highest BCUT2D eigenvalue weighted by atomic mass is 15.0. The Morgan fingerprint density at radius 1 is 0.800 bits per heavy atom. The molecule has 0 spiro atoms. The zero-order valence-electron chi connectivity index (χ0n) is 18.4. The van der Waals surface area contributed by atoms with Gasteiger partial charge in [0, 0.05) is 16.3 Å². The van der Waals surface area contributed by atoms with E-state index in [1.54, 1.807) is 0 Å². The molecule has 3 aromatic carbocycles. The molecule has 30 heavy (non-hydrogen) atoms. The molecule has 0 aliphatic heterocycles. The summed E-state index contributed by atoms with van der Waals surface area (Å²) < 4.78 is 4.87. The Balaban J connectivity index is 1.98. The first-order chi connectivity index (χ1) is 14.3. The Kier molecular flexibility index (Phi) is 3.38. The summed E-state index contributed by atoms with van der Waals surface area (Å²) in [7, 11) is 2.22. The van der Waals surface area contributed by atoms with Crippen molar-refractivity contribution in [3.8, 4) is 0 Å². The van der Waals surface area contributed by atoms with E-state index in [1.807, 2.05) is 0 Å². The summed E-state index contributed by atoms with van der Waals surface area (Å²) in [5, 5.41) is 6.81. The van der Waals surface area contributed by atoms with Crippen LogP contribution in [0.2, 0.25) is 0 Å². The topological polar surface area (TPSA) is 8.29 Å². The fourth-order valence-electron chi connectivity index (χ4n) is 5.51. The lowest BCUT2D eigenvalue weighted by Crippen LogP contribution is -2.31. The maximum absolute atomic E-state index is 2.50. The molecule has 0 radical (unpaired) electrons. The van der Waals surface area contributed by atoms with E-state index in [9.17, 15) is 0 Å². The number of fused-ring (bicyclic) bond motifs is 5. The van der Waals surface area contributed by atoms with Gasteiger partial charge < -0.3 is 4.40 Å². The van der Waals surface area contributed by atoms with Crippen LogP contribution in [0.25, 0.3) is 49.0 Å². The molecule has 6 rings (SSSR count). The molecule has 148 valence electrons. The van der Waals surface area contributed by atoms with Crippen LogP contribution in [0.1, 0.15) is 31.9 Å². The summed E-state index contributed by atoms with van der Waals surface area (Å²) in [6.07, 6.45) is 3.42. The van der Waals surface area contributed by atoms with Crippen LogP contribution in [0.15, 0.2) is 60.8 Å². The monoisotopic (exact) mass is 391 g/mol. The third kappa shape index (κ3) is 2.22. The maximum atomic E-state index is 2.50. The molecule has 0 unspecified atom stereocenters. The predicted molar refractivity (Wildman–Crippen MR) is 128 cm³/mol. The Hall–Kier alpha value is -3.13. The molecule has 0 fully saturated rings. The molecule has 3 heterocycles. The molecule has 3 aromatic heterocycles. The molecular weight excluding hydrogens is 364 g/mol. The standard InChI is InChI=1S/C28H27N2/c1-17-13-14-21-20-9-6-7-11-22(20)30-23-12-8-10-19-18(15-28(2,3)4)16-29(5)27(25(19)23)24(17)26(21)30/h6-14,16H,15H2,1-5H3/q+1. The number of nitrogens with zero attached hydrogens (tertiary/aromatic N) is 2. The first kappa shape index (κ1) is 17.7. The number of aryl methyl sites for hydroxylation is 2. The van der Waals surface area contributed by atoms with Crippen LogP contribution < -0.4 is 4.57 Å². The van der Waals surface area contributed by atoms with E-state index < -0.39 is 0 Å². The predicted octanol–water partition coefficient (Wildman–Crippen LogP) is 6.71. The van der Waals surface area contributed by atoms with Gasteiger partial charge >= 0.3 is 0 Å². The number of rotatable bonds is 1. The molecule has 0 saturated heterocycles. The van der Waals surface area contributed by atoms with Crippen LogP contribution in [0.3, 0.4) is 0 Å². The van der Waals surface area contributed by atoms with E-state index in [1.165, 1.54) is 60.1 Å². The fourth-order valence-corrected chi connectivity index (χ4v) is 5.51. The summed E-state index contributed by atoms with van der Waals surface area (Å²) >= 11 is 0. The summed E-state index contributed by atoms with van der Waals surface area (Å²) in [4.78, 5) is 0. The lowest BCUT2D eigenvalue weighted by molar-refractivity contribution is -0.644. The number of hydrogen-bond acceptors (Lipinski definition) is 0. The lowest BCUT2D eigenvalue weighted by atomic mass is 9.86. The summed E-state index contributed by atoms with van der Waals surface area (Å²) in [6, 6.07) is 20.3. The molecule has 0 bridgehead atoms. The summed E-state index contributed by atoms with van der Waals surface area (Å²) in [5.74, 6) is 0. The average Bonchev–Trinajstić information content (AvgIpc) is 3.03. The third-order valence-corrected chi connectivity index (χ3v) is 6.57. The van der Waals surface area contributed by atoms with Gasteiger partial charge in [-0.15, -0.1) is 0 Å². The van der Waals surface area contributed by atoms with Crippen LogP contribution in [-0.4, -0.2) is 4.40 Å². The van der Waals surface area contributed by atoms with Crippen LogP contribution >= 0.6 is 0 Å². The van der Waals surface area contributed by atoms with Crippen molar-refractivity contribution >= 4 is 49.0 Å². The van der Waals surface area contributed by atoms with Crippen LogP contribution in [-0.2, 0) is 13.5 Å². The normalized spacial score (nSPS) is 13.0. The number of benzene rings is 3. The molecular formula is C28H27N2+. The van der Waals surface area contributed by atoms with E-state index in [2.05, 4.69) is 105 Å². The Morgan fingerprint density at radius 3 is 2.33 bits per heavy atom. The molecule has 0 atom stereocenters. The molecule has 6 aromatic rings. The van der Waals surface area contributed by atoms with Gasteiger partial charge in [-0.3, -0.25) is 0 Å². The highest BCUT2D eigenvalue weighted by Gasteiger charge is 2.26. The second kappa shape index (κ2) is 5.72. The molecule has 0 saturated carbocycles. The maximum Gasteiger partial charge on any atom is 0.224 e. The second-order valence-corrected chi connectivity index (χ2v) is 10.1. The quantitative estimate of drug-likeness (QED) is 0.167. The SMILES string of the molecule is Cc1ccc2c3ccccc3n3c4cccc5c(CC(C)(C)C)c[n+](C)c(c1c23)c54. The summed E-state index contributed by atoms with van der Waals surface area (Å²) in [5.41, 5.74) is 8.28. The third-order valence-electron chi connectivity index (χ3n) is 6.57.